The van der Waals surface area contributed by atoms with E-state index < -0.39 is 0 Å². The van der Waals surface area contributed by atoms with Crippen LogP contribution in [0.4, 0.5) is 4.39 Å². The summed E-state index contributed by atoms with van der Waals surface area (Å²) in [6.45, 7) is 2.86. The summed E-state index contributed by atoms with van der Waals surface area (Å²) < 4.78 is 12.9. The van der Waals surface area contributed by atoms with Crippen molar-refractivity contribution < 1.29 is 4.39 Å². The van der Waals surface area contributed by atoms with Crippen LogP contribution in [0.2, 0.25) is 0 Å². The average molecular weight is 268 g/mol. The summed E-state index contributed by atoms with van der Waals surface area (Å²) in [5.74, 6) is -0.197. The van der Waals surface area contributed by atoms with Crippen LogP contribution in [0.1, 0.15) is 24.1 Å². The van der Waals surface area contributed by atoms with Gasteiger partial charge in [0.15, 0.2) is 0 Å². The second-order valence-corrected chi connectivity index (χ2v) is 5.01. The third kappa shape index (κ3) is 2.58. The molecule has 0 radical (unpaired) electrons. The molecule has 2 aromatic carbocycles. The van der Waals surface area contributed by atoms with Crippen LogP contribution in [0.25, 0.3) is 10.9 Å². The summed E-state index contributed by atoms with van der Waals surface area (Å²) in [6.07, 6.45) is 1.96. The van der Waals surface area contributed by atoms with E-state index in [0.29, 0.717) is 0 Å². The molecule has 102 valence electrons. The molecule has 2 N–H and O–H groups in total. The zero-order valence-corrected chi connectivity index (χ0v) is 11.4. The number of benzene rings is 2. The Kier molecular flexibility index (Phi) is 3.52. The molecule has 20 heavy (non-hydrogen) atoms. The van der Waals surface area contributed by atoms with Gasteiger partial charge < -0.3 is 10.3 Å². The standard InChI is InChI=1S/C17H17FN2/c1-12(13-5-7-16(18)8-6-13)20-11-15-4-2-3-14-9-10-19-17(14)15/h2-10,12,19-20H,11H2,1H3/t12-/m1/s1. The minimum absolute atomic E-state index is 0.181. The maximum absolute atomic E-state index is 12.9. The van der Waals surface area contributed by atoms with Crippen molar-refractivity contribution in [1.82, 2.24) is 10.3 Å². The van der Waals surface area contributed by atoms with Crippen molar-refractivity contribution in [1.29, 1.82) is 0 Å². The van der Waals surface area contributed by atoms with E-state index in [1.807, 2.05) is 18.3 Å². The van der Waals surface area contributed by atoms with Gasteiger partial charge in [0.05, 0.1) is 0 Å². The molecule has 1 aromatic heterocycles. The first-order chi connectivity index (χ1) is 9.74. The van der Waals surface area contributed by atoms with Crippen LogP contribution in [-0.2, 0) is 6.54 Å². The molecule has 0 amide bonds. The highest BCUT2D eigenvalue weighted by molar-refractivity contribution is 5.82. The fourth-order valence-corrected chi connectivity index (χ4v) is 2.43. The van der Waals surface area contributed by atoms with E-state index in [4.69, 9.17) is 0 Å². The first-order valence-electron chi connectivity index (χ1n) is 6.78. The zero-order valence-electron chi connectivity index (χ0n) is 11.4. The molecule has 1 atom stereocenters. The minimum Gasteiger partial charge on any atom is -0.361 e. The highest BCUT2D eigenvalue weighted by Crippen LogP contribution is 2.18. The number of hydrogen-bond donors (Lipinski definition) is 2. The van der Waals surface area contributed by atoms with Crippen molar-refractivity contribution in [2.75, 3.05) is 0 Å². The van der Waals surface area contributed by atoms with Gasteiger partial charge >= 0.3 is 0 Å². The SMILES string of the molecule is C[C@@H](NCc1cccc2cc[nH]c12)c1ccc(F)cc1. The first kappa shape index (κ1) is 12.9. The van der Waals surface area contributed by atoms with Gasteiger partial charge in [-0.2, -0.15) is 0 Å². The fourth-order valence-electron chi connectivity index (χ4n) is 2.43. The van der Waals surface area contributed by atoms with Crippen molar-refractivity contribution in [3.8, 4) is 0 Å². The number of aromatic nitrogens is 1. The lowest BCUT2D eigenvalue weighted by Crippen LogP contribution is -2.18. The van der Waals surface area contributed by atoms with Gasteiger partial charge in [-0.3, -0.25) is 0 Å². The summed E-state index contributed by atoms with van der Waals surface area (Å²) >= 11 is 0. The highest BCUT2D eigenvalue weighted by atomic mass is 19.1. The molecule has 3 heteroatoms. The van der Waals surface area contributed by atoms with Crippen LogP contribution in [-0.4, -0.2) is 4.98 Å². The average Bonchev–Trinajstić information content (AvgIpc) is 2.94. The first-order valence-corrected chi connectivity index (χ1v) is 6.78. The molecule has 0 unspecified atom stereocenters. The van der Waals surface area contributed by atoms with E-state index in [0.717, 1.165) is 12.1 Å². The lowest BCUT2D eigenvalue weighted by atomic mass is 10.1. The Bertz CT molecular complexity index is 700. The molecular weight excluding hydrogens is 251 g/mol. The summed E-state index contributed by atoms with van der Waals surface area (Å²) in [6, 6.07) is 15.2. The van der Waals surface area contributed by atoms with Crippen molar-refractivity contribution in [3.05, 3.63) is 71.7 Å². The van der Waals surface area contributed by atoms with Gasteiger partial charge in [-0.05, 0) is 41.6 Å². The Labute approximate surface area is 117 Å². The number of H-pyrrole nitrogens is 1. The Morgan fingerprint density at radius 1 is 1.10 bits per heavy atom. The van der Waals surface area contributed by atoms with Gasteiger partial charge in [0.2, 0.25) is 0 Å². The lowest BCUT2D eigenvalue weighted by Gasteiger charge is -2.14. The van der Waals surface area contributed by atoms with E-state index in [-0.39, 0.29) is 11.9 Å². The third-order valence-corrected chi connectivity index (χ3v) is 3.64. The number of para-hydroxylation sites is 1. The lowest BCUT2D eigenvalue weighted by molar-refractivity contribution is 0.572. The van der Waals surface area contributed by atoms with E-state index >= 15 is 0 Å². The van der Waals surface area contributed by atoms with Gasteiger partial charge in [0.1, 0.15) is 5.82 Å². The van der Waals surface area contributed by atoms with Crippen LogP contribution in [0.15, 0.2) is 54.7 Å². The highest BCUT2D eigenvalue weighted by Gasteiger charge is 2.07. The van der Waals surface area contributed by atoms with Gasteiger partial charge in [-0.25, -0.2) is 4.39 Å². The van der Waals surface area contributed by atoms with Gasteiger partial charge in [0, 0.05) is 24.3 Å². The predicted octanol–water partition coefficient (Wildman–Crippen LogP) is 4.16. The Hall–Kier alpha value is -2.13. The number of rotatable bonds is 4. The number of nitrogens with one attached hydrogen (secondary N) is 2. The number of aromatic amines is 1. The maximum atomic E-state index is 12.9. The summed E-state index contributed by atoms with van der Waals surface area (Å²) in [7, 11) is 0. The second-order valence-electron chi connectivity index (χ2n) is 5.01. The van der Waals surface area contributed by atoms with Crippen molar-refractivity contribution >= 4 is 10.9 Å². The van der Waals surface area contributed by atoms with Gasteiger partial charge in [-0.15, -0.1) is 0 Å². The number of fused-ring (bicyclic) bond motifs is 1. The Morgan fingerprint density at radius 2 is 1.90 bits per heavy atom. The normalized spacial score (nSPS) is 12.7. The number of hydrogen-bond acceptors (Lipinski definition) is 1. The quantitative estimate of drug-likeness (QED) is 0.730. The molecule has 0 fully saturated rings. The van der Waals surface area contributed by atoms with E-state index in [2.05, 4.69) is 41.5 Å². The summed E-state index contributed by atoms with van der Waals surface area (Å²) in [5.41, 5.74) is 3.50. The molecule has 1 heterocycles. The van der Waals surface area contributed by atoms with E-state index in [1.54, 1.807) is 0 Å². The molecule has 0 bridgehead atoms. The smallest absolute Gasteiger partial charge is 0.123 e. The molecule has 0 aliphatic heterocycles. The Balaban J connectivity index is 1.73. The van der Waals surface area contributed by atoms with Crippen molar-refractivity contribution in [2.45, 2.75) is 19.5 Å². The molecular formula is C17H17FN2. The molecule has 0 spiro atoms. The fraction of sp³-hybridized carbons (Fsp3) is 0.176. The molecule has 2 nitrogen and oxygen atoms in total. The third-order valence-electron chi connectivity index (χ3n) is 3.64. The van der Waals surface area contributed by atoms with Crippen molar-refractivity contribution in [3.63, 3.8) is 0 Å². The zero-order chi connectivity index (χ0) is 13.9. The topological polar surface area (TPSA) is 27.8 Å². The largest absolute Gasteiger partial charge is 0.361 e. The molecule has 0 saturated carbocycles. The maximum Gasteiger partial charge on any atom is 0.123 e. The predicted molar refractivity (Wildman–Crippen MR) is 80.0 cm³/mol. The van der Waals surface area contributed by atoms with E-state index in [9.17, 15) is 4.39 Å². The van der Waals surface area contributed by atoms with Crippen LogP contribution in [0, 0.1) is 5.82 Å². The minimum atomic E-state index is -0.197. The number of halogens is 1. The molecule has 0 saturated heterocycles. The van der Waals surface area contributed by atoms with Crippen LogP contribution >= 0.6 is 0 Å². The molecule has 3 rings (SSSR count). The summed E-state index contributed by atoms with van der Waals surface area (Å²) in [5, 5.41) is 4.70. The monoisotopic (exact) mass is 268 g/mol. The summed E-state index contributed by atoms with van der Waals surface area (Å²) in [4.78, 5) is 3.27. The van der Waals surface area contributed by atoms with E-state index in [1.165, 1.54) is 28.6 Å². The molecule has 0 aliphatic carbocycles. The van der Waals surface area contributed by atoms with Crippen LogP contribution in [0.3, 0.4) is 0 Å². The van der Waals surface area contributed by atoms with Gasteiger partial charge in [0.25, 0.3) is 0 Å². The second kappa shape index (κ2) is 5.47. The Morgan fingerprint density at radius 3 is 2.70 bits per heavy atom. The molecule has 0 aliphatic rings. The van der Waals surface area contributed by atoms with Crippen LogP contribution in [0.5, 0.6) is 0 Å². The van der Waals surface area contributed by atoms with Gasteiger partial charge in [-0.1, -0.05) is 30.3 Å². The molecule has 3 aromatic rings. The van der Waals surface area contributed by atoms with Crippen molar-refractivity contribution in [2.24, 2.45) is 0 Å². The van der Waals surface area contributed by atoms with Crippen LogP contribution < -0.4 is 5.32 Å².